The Labute approximate surface area is 155 Å². The van der Waals surface area contributed by atoms with E-state index in [4.69, 9.17) is 9.68 Å². The number of nitriles is 1. The summed E-state index contributed by atoms with van der Waals surface area (Å²) in [5.41, 5.74) is 1.85. The molecule has 6 heteroatoms. The van der Waals surface area contributed by atoms with Gasteiger partial charge in [0.1, 0.15) is 5.76 Å². The van der Waals surface area contributed by atoms with Crippen LogP contribution in [-0.2, 0) is 6.54 Å². The first-order chi connectivity index (χ1) is 10.9. The third kappa shape index (κ3) is 5.25. The number of likely N-dealkylation sites (tertiary alicyclic amines) is 1. The van der Waals surface area contributed by atoms with Crippen molar-refractivity contribution in [1.82, 2.24) is 10.2 Å². The third-order valence-corrected chi connectivity index (χ3v) is 4.18. The standard InChI is InChI=1S/C18H21N3O.2ClH/c19-12-15-5-3-6-16(11-15)13-20-14-17(18-7-4-10-22-18)21-8-1-2-9-21;;/h3-7,10-11,17,20H,1-2,8-9,13-14H2;2*1H. The Balaban J connectivity index is 0.00000144. The molecule has 4 nitrogen and oxygen atoms in total. The maximum Gasteiger partial charge on any atom is 0.122 e. The molecule has 1 N–H and O–H groups in total. The number of hydrogen-bond acceptors (Lipinski definition) is 4. The molecule has 0 radical (unpaired) electrons. The van der Waals surface area contributed by atoms with E-state index in [0.717, 1.165) is 37.5 Å². The molecule has 1 fully saturated rings. The highest BCUT2D eigenvalue weighted by molar-refractivity contribution is 5.85. The van der Waals surface area contributed by atoms with Crippen LogP contribution in [-0.4, -0.2) is 24.5 Å². The van der Waals surface area contributed by atoms with Crippen LogP contribution in [0.1, 0.15) is 35.8 Å². The van der Waals surface area contributed by atoms with Crippen molar-refractivity contribution in [2.75, 3.05) is 19.6 Å². The average molecular weight is 368 g/mol. The largest absolute Gasteiger partial charge is 0.468 e. The van der Waals surface area contributed by atoms with Gasteiger partial charge in [-0.05, 0) is 55.8 Å². The van der Waals surface area contributed by atoms with Crippen molar-refractivity contribution in [3.05, 3.63) is 59.5 Å². The highest BCUT2D eigenvalue weighted by Crippen LogP contribution is 2.24. The Hall–Kier alpha value is -1.51. The molecule has 1 aromatic heterocycles. The number of hydrogen-bond donors (Lipinski definition) is 1. The van der Waals surface area contributed by atoms with Crippen LogP contribution in [0.25, 0.3) is 0 Å². The predicted molar refractivity (Wildman–Crippen MR) is 99.6 cm³/mol. The summed E-state index contributed by atoms with van der Waals surface area (Å²) in [6.45, 7) is 3.89. The summed E-state index contributed by atoms with van der Waals surface area (Å²) >= 11 is 0. The van der Waals surface area contributed by atoms with Gasteiger partial charge in [0.2, 0.25) is 0 Å². The molecule has 2 heterocycles. The zero-order valence-corrected chi connectivity index (χ0v) is 15.1. The summed E-state index contributed by atoms with van der Waals surface area (Å²) in [5.74, 6) is 1.03. The van der Waals surface area contributed by atoms with Gasteiger partial charge in [0.05, 0.1) is 23.9 Å². The van der Waals surface area contributed by atoms with Crippen LogP contribution in [0.15, 0.2) is 47.1 Å². The van der Waals surface area contributed by atoms with Gasteiger partial charge in [-0.15, -0.1) is 24.8 Å². The Bertz CT molecular complexity index is 634. The van der Waals surface area contributed by atoms with Crippen molar-refractivity contribution >= 4 is 24.8 Å². The lowest BCUT2D eigenvalue weighted by Crippen LogP contribution is -2.33. The van der Waals surface area contributed by atoms with Gasteiger partial charge in [0, 0.05) is 13.1 Å². The zero-order valence-electron chi connectivity index (χ0n) is 13.5. The van der Waals surface area contributed by atoms with Gasteiger partial charge in [-0.1, -0.05) is 12.1 Å². The first-order valence-electron chi connectivity index (χ1n) is 7.84. The lowest BCUT2D eigenvalue weighted by molar-refractivity contribution is 0.209. The first kappa shape index (κ1) is 20.5. The van der Waals surface area contributed by atoms with Gasteiger partial charge in [-0.2, -0.15) is 5.26 Å². The van der Waals surface area contributed by atoms with Crippen LogP contribution < -0.4 is 5.32 Å². The minimum atomic E-state index is 0. The SMILES string of the molecule is Cl.Cl.N#Cc1cccc(CNCC(c2ccco2)N2CCCC2)c1. The first-order valence-corrected chi connectivity index (χ1v) is 7.84. The normalized spacial score (nSPS) is 15.1. The molecule has 2 aromatic rings. The summed E-state index contributed by atoms with van der Waals surface area (Å²) in [7, 11) is 0. The van der Waals surface area contributed by atoms with E-state index in [2.05, 4.69) is 22.4 Å². The quantitative estimate of drug-likeness (QED) is 0.840. The predicted octanol–water partition coefficient (Wildman–Crippen LogP) is 3.92. The molecule has 0 saturated carbocycles. The number of nitrogens with one attached hydrogen (secondary N) is 1. The third-order valence-electron chi connectivity index (χ3n) is 4.18. The minimum Gasteiger partial charge on any atom is -0.468 e. The van der Waals surface area contributed by atoms with E-state index in [1.165, 1.54) is 12.8 Å². The van der Waals surface area contributed by atoms with Crippen LogP contribution in [0.2, 0.25) is 0 Å². The minimum absolute atomic E-state index is 0. The van der Waals surface area contributed by atoms with Crippen molar-refractivity contribution in [1.29, 1.82) is 5.26 Å². The number of benzene rings is 1. The molecule has 0 spiro atoms. The molecule has 130 valence electrons. The summed E-state index contributed by atoms with van der Waals surface area (Å²) in [5, 5.41) is 12.5. The van der Waals surface area contributed by atoms with Crippen LogP contribution >= 0.6 is 24.8 Å². The van der Waals surface area contributed by atoms with E-state index in [-0.39, 0.29) is 30.9 Å². The van der Waals surface area contributed by atoms with Crippen molar-refractivity contribution in [2.45, 2.75) is 25.4 Å². The van der Waals surface area contributed by atoms with E-state index in [9.17, 15) is 0 Å². The van der Waals surface area contributed by atoms with E-state index in [1.807, 2.05) is 30.3 Å². The van der Waals surface area contributed by atoms with Gasteiger partial charge < -0.3 is 9.73 Å². The highest BCUT2D eigenvalue weighted by Gasteiger charge is 2.24. The molecule has 1 atom stereocenters. The Morgan fingerprint density at radius 3 is 2.62 bits per heavy atom. The molecule has 1 aliphatic heterocycles. The van der Waals surface area contributed by atoms with E-state index in [0.29, 0.717) is 5.56 Å². The average Bonchev–Trinajstić information content (AvgIpc) is 3.25. The van der Waals surface area contributed by atoms with Crippen molar-refractivity contribution in [3.8, 4) is 6.07 Å². The number of nitrogens with zero attached hydrogens (tertiary/aromatic N) is 2. The van der Waals surface area contributed by atoms with Gasteiger partial charge in [0.25, 0.3) is 0 Å². The fourth-order valence-electron chi connectivity index (χ4n) is 3.05. The van der Waals surface area contributed by atoms with Crippen molar-refractivity contribution < 1.29 is 4.42 Å². The fourth-order valence-corrected chi connectivity index (χ4v) is 3.05. The van der Waals surface area contributed by atoms with E-state index in [1.54, 1.807) is 6.26 Å². The number of furan rings is 1. The molecule has 1 aliphatic rings. The Morgan fingerprint density at radius 1 is 1.17 bits per heavy atom. The molecule has 3 rings (SSSR count). The topological polar surface area (TPSA) is 52.2 Å². The van der Waals surface area contributed by atoms with Crippen LogP contribution in [0.5, 0.6) is 0 Å². The van der Waals surface area contributed by atoms with Gasteiger partial charge in [-0.25, -0.2) is 0 Å². The smallest absolute Gasteiger partial charge is 0.122 e. The summed E-state index contributed by atoms with van der Waals surface area (Å²) in [6, 6.07) is 14.2. The summed E-state index contributed by atoms with van der Waals surface area (Å²) in [6.07, 6.45) is 4.28. The Morgan fingerprint density at radius 2 is 1.96 bits per heavy atom. The van der Waals surface area contributed by atoms with Crippen LogP contribution in [0, 0.1) is 11.3 Å². The maximum atomic E-state index is 8.95. The molecule has 0 amide bonds. The molecule has 1 aromatic carbocycles. The maximum absolute atomic E-state index is 8.95. The van der Waals surface area contributed by atoms with E-state index < -0.39 is 0 Å². The molecular formula is C18H23Cl2N3O. The second kappa shape index (κ2) is 10.4. The van der Waals surface area contributed by atoms with Crippen molar-refractivity contribution in [2.24, 2.45) is 0 Å². The van der Waals surface area contributed by atoms with Gasteiger partial charge in [0.15, 0.2) is 0 Å². The molecule has 1 unspecified atom stereocenters. The zero-order chi connectivity index (χ0) is 15.2. The second-order valence-electron chi connectivity index (χ2n) is 5.72. The lowest BCUT2D eigenvalue weighted by Gasteiger charge is -2.26. The highest BCUT2D eigenvalue weighted by atomic mass is 35.5. The van der Waals surface area contributed by atoms with E-state index >= 15 is 0 Å². The second-order valence-corrected chi connectivity index (χ2v) is 5.72. The lowest BCUT2D eigenvalue weighted by atomic mass is 10.1. The Kier molecular flexibility index (Phi) is 8.88. The molecule has 1 saturated heterocycles. The fraction of sp³-hybridized carbons (Fsp3) is 0.389. The monoisotopic (exact) mass is 367 g/mol. The summed E-state index contributed by atoms with van der Waals surface area (Å²) < 4.78 is 5.62. The molecule has 0 aliphatic carbocycles. The van der Waals surface area contributed by atoms with Crippen molar-refractivity contribution in [3.63, 3.8) is 0 Å². The molecule has 24 heavy (non-hydrogen) atoms. The molecular weight excluding hydrogens is 345 g/mol. The van der Waals surface area contributed by atoms with Crippen LogP contribution in [0.4, 0.5) is 0 Å². The van der Waals surface area contributed by atoms with Crippen LogP contribution in [0.3, 0.4) is 0 Å². The molecule has 0 bridgehead atoms. The van der Waals surface area contributed by atoms with Gasteiger partial charge >= 0.3 is 0 Å². The number of halogens is 2. The number of rotatable bonds is 6. The van der Waals surface area contributed by atoms with Gasteiger partial charge in [-0.3, -0.25) is 4.90 Å². The summed E-state index contributed by atoms with van der Waals surface area (Å²) in [4.78, 5) is 2.48.